The molecular weight excluding hydrogens is 311 g/mol. The van der Waals surface area contributed by atoms with E-state index >= 15 is 0 Å². The Kier molecular flexibility index (Phi) is 5.10. The topological polar surface area (TPSA) is 51.5 Å². The van der Waals surface area contributed by atoms with Crippen molar-refractivity contribution in [2.45, 2.75) is 25.7 Å². The molecule has 0 aliphatic carbocycles. The molecule has 0 bridgehead atoms. The van der Waals surface area contributed by atoms with E-state index in [1.54, 1.807) is 13.0 Å². The van der Waals surface area contributed by atoms with Crippen molar-refractivity contribution < 1.29 is 27.1 Å². The predicted octanol–water partition coefficient (Wildman–Crippen LogP) is 3.61. The Labute approximate surface area is 131 Å². The minimum Gasteiger partial charge on any atom is -0.467 e. The summed E-state index contributed by atoms with van der Waals surface area (Å²) < 4.78 is 49.4. The number of alkyl halides is 3. The number of carbonyl (C=O) groups excluding carboxylic acids is 1. The summed E-state index contributed by atoms with van der Waals surface area (Å²) in [6.07, 6.45) is -4.45. The van der Waals surface area contributed by atoms with Gasteiger partial charge < -0.3 is 14.5 Å². The molecular formula is C16H16F3NO3. The van der Waals surface area contributed by atoms with Gasteiger partial charge in [0.05, 0.1) is 18.4 Å². The fourth-order valence-electron chi connectivity index (χ4n) is 2.20. The first-order valence-corrected chi connectivity index (χ1v) is 6.84. The third kappa shape index (κ3) is 3.92. The summed E-state index contributed by atoms with van der Waals surface area (Å²) in [5, 5.41) is 2.53. The Morgan fingerprint density at radius 2 is 2.00 bits per heavy atom. The lowest BCUT2D eigenvalue weighted by atomic mass is 10.0. The summed E-state index contributed by atoms with van der Waals surface area (Å²) >= 11 is 0. The number of rotatable bonds is 5. The molecule has 1 unspecified atom stereocenters. The van der Waals surface area contributed by atoms with Gasteiger partial charge in [-0.2, -0.15) is 13.2 Å². The van der Waals surface area contributed by atoms with Crippen LogP contribution in [-0.2, 0) is 22.3 Å². The van der Waals surface area contributed by atoms with Crippen LogP contribution in [0.25, 0.3) is 0 Å². The molecule has 2 aromatic rings. The quantitative estimate of drug-likeness (QED) is 0.913. The lowest BCUT2D eigenvalue weighted by Crippen LogP contribution is -2.31. The molecule has 0 saturated carbocycles. The van der Waals surface area contributed by atoms with Crippen molar-refractivity contribution in [3.8, 4) is 0 Å². The van der Waals surface area contributed by atoms with E-state index in [-0.39, 0.29) is 12.1 Å². The van der Waals surface area contributed by atoms with Crippen LogP contribution in [0, 0.1) is 6.92 Å². The van der Waals surface area contributed by atoms with Crippen LogP contribution in [0.15, 0.2) is 41.0 Å². The van der Waals surface area contributed by atoms with E-state index in [2.05, 4.69) is 5.32 Å². The van der Waals surface area contributed by atoms with E-state index < -0.39 is 23.8 Å². The number of methoxy groups -OCH3 is 1. The van der Waals surface area contributed by atoms with Crippen molar-refractivity contribution in [3.05, 3.63) is 59.0 Å². The van der Waals surface area contributed by atoms with Gasteiger partial charge in [-0.15, -0.1) is 0 Å². The van der Waals surface area contributed by atoms with E-state index in [4.69, 9.17) is 9.15 Å². The number of hydrogen-bond acceptors (Lipinski definition) is 3. The van der Waals surface area contributed by atoms with Crippen LogP contribution >= 0.6 is 0 Å². The number of furan rings is 1. The molecule has 0 aliphatic heterocycles. The normalized spacial score (nSPS) is 12.9. The van der Waals surface area contributed by atoms with Gasteiger partial charge in [-0.1, -0.05) is 18.2 Å². The van der Waals surface area contributed by atoms with Crippen molar-refractivity contribution in [2.75, 3.05) is 7.11 Å². The molecule has 1 atom stereocenters. The number of amides is 1. The molecule has 23 heavy (non-hydrogen) atoms. The van der Waals surface area contributed by atoms with Crippen LogP contribution in [-0.4, -0.2) is 13.0 Å². The minimum atomic E-state index is -4.56. The van der Waals surface area contributed by atoms with Crippen LogP contribution in [0.3, 0.4) is 0 Å². The molecule has 1 amide bonds. The zero-order chi connectivity index (χ0) is 17.0. The lowest BCUT2D eigenvalue weighted by Gasteiger charge is -2.20. The summed E-state index contributed by atoms with van der Waals surface area (Å²) in [4.78, 5) is 12.2. The highest BCUT2D eigenvalue weighted by Gasteiger charge is 2.36. The van der Waals surface area contributed by atoms with Gasteiger partial charge in [-0.25, -0.2) is 0 Å². The van der Waals surface area contributed by atoms with E-state index in [0.29, 0.717) is 5.76 Å². The fraction of sp³-hybridized carbons (Fsp3) is 0.312. The molecule has 1 N–H and O–H groups in total. The second-order valence-electron chi connectivity index (χ2n) is 4.95. The van der Waals surface area contributed by atoms with Crippen LogP contribution in [0.2, 0.25) is 0 Å². The average Bonchev–Trinajstić information content (AvgIpc) is 2.91. The summed E-state index contributed by atoms with van der Waals surface area (Å²) in [5.74, 6) is -0.127. The maximum absolute atomic E-state index is 13.1. The van der Waals surface area contributed by atoms with Crippen molar-refractivity contribution >= 4 is 5.91 Å². The molecule has 0 aliphatic rings. The SMILES string of the molecule is COC(C(=O)NCc1occc1C)c1ccccc1C(F)(F)F. The molecule has 1 heterocycles. The Hall–Kier alpha value is -2.28. The van der Waals surface area contributed by atoms with E-state index in [1.165, 1.54) is 31.6 Å². The Morgan fingerprint density at radius 1 is 1.30 bits per heavy atom. The molecule has 7 heteroatoms. The van der Waals surface area contributed by atoms with Crippen molar-refractivity contribution in [2.24, 2.45) is 0 Å². The van der Waals surface area contributed by atoms with Crippen LogP contribution in [0.1, 0.15) is 28.6 Å². The second kappa shape index (κ2) is 6.87. The zero-order valence-electron chi connectivity index (χ0n) is 12.6. The molecule has 1 aromatic heterocycles. The number of ether oxygens (including phenoxy) is 1. The lowest BCUT2D eigenvalue weighted by molar-refractivity contribution is -0.141. The average molecular weight is 327 g/mol. The van der Waals surface area contributed by atoms with E-state index in [1.807, 2.05) is 0 Å². The third-order valence-corrected chi connectivity index (χ3v) is 3.41. The van der Waals surface area contributed by atoms with Crippen LogP contribution in [0.4, 0.5) is 13.2 Å². The van der Waals surface area contributed by atoms with Crippen LogP contribution in [0.5, 0.6) is 0 Å². The van der Waals surface area contributed by atoms with Gasteiger partial charge >= 0.3 is 6.18 Å². The van der Waals surface area contributed by atoms with Gasteiger partial charge in [0.25, 0.3) is 5.91 Å². The molecule has 0 spiro atoms. The van der Waals surface area contributed by atoms with Gasteiger partial charge in [0.1, 0.15) is 5.76 Å². The van der Waals surface area contributed by atoms with Crippen molar-refractivity contribution in [3.63, 3.8) is 0 Å². The Morgan fingerprint density at radius 3 is 2.57 bits per heavy atom. The summed E-state index contributed by atoms with van der Waals surface area (Å²) in [6, 6.07) is 6.58. The highest BCUT2D eigenvalue weighted by atomic mass is 19.4. The first-order valence-electron chi connectivity index (χ1n) is 6.84. The highest BCUT2D eigenvalue weighted by molar-refractivity contribution is 5.82. The third-order valence-electron chi connectivity index (χ3n) is 3.41. The molecule has 4 nitrogen and oxygen atoms in total. The molecule has 124 valence electrons. The van der Waals surface area contributed by atoms with Crippen molar-refractivity contribution in [1.29, 1.82) is 0 Å². The van der Waals surface area contributed by atoms with Gasteiger partial charge in [-0.3, -0.25) is 4.79 Å². The Balaban J connectivity index is 2.19. The Bertz CT molecular complexity index is 679. The number of hydrogen-bond donors (Lipinski definition) is 1. The molecule has 1 aromatic carbocycles. The molecule has 0 saturated heterocycles. The number of aryl methyl sites for hydroxylation is 1. The first-order chi connectivity index (χ1) is 10.8. The zero-order valence-corrected chi connectivity index (χ0v) is 12.6. The summed E-state index contributed by atoms with van der Waals surface area (Å²) in [6.45, 7) is 1.88. The van der Waals surface area contributed by atoms with Crippen molar-refractivity contribution in [1.82, 2.24) is 5.32 Å². The van der Waals surface area contributed by atoms with Gasteiger partial charge in [0.2, 0.25) is 0 Å². The molecule has 0 radical (unpaired) electrons. The monoisotopic (exact) mass is 327 g/mol. The largest absolute Gasteiger partial charge is 0.467 e. The number of halogens is 3. The molecule has 2 rings (SSSR count). The minimum absolute atomic E-state index is 0.0751. The first kappa shape index (κ1) is 17.1. The smallest absolute Gasteiger partial charge is 0.416 e. The predicted molar refractivity (Wildman–Crippen MR) is 76.5 cm³/mol. The number of nitrogens with one attached hydrogen (secondary N) is 1. The van der Waals surface area contributed by atoms with Gasteiger partial charge in [0, 0.05) is 12.7 Å². The second-order valence-corrected chi connectivity index (χ2v) is 4.95. The maximum atomic E-state index is 13.1. The number of carbonyl (C=O) groups is 1. The van der Waals surface area contributed by atoms with E-state index in [9.17, 15) is 18.0 Å². The molecule has 0 fully saturated rings. The standard InChI is InChI=1S/C16H16F3NO3/c1-10-7-8-23-13(10)9-20-15(21)14(22-2)11-5-3-4-6-12(11)16(17,18)19/h3-8,14H,9H2,1-2H3,(H,20,21). The maximum Gasteiger partial charge on any atom is 0.416 e. The van der Waals surface area contributed by atoms with Crippen LogP contribution < -0.4 is 5.32 Å². The number of benzene rings is 1. The van der Waals surface area contributed by atoms with Gasteiger partial charge in [0.15, 0.2) is 6.10 Å². The summed E-state index contributed by atoms with van der Waals surface area (Å²) in [5.41, 5.74) is -0.276. The highest BCUT2D eigenvalue weighted by Crippen LogP contribution is 2.35. The van der Waals surface area contributed by atoms with E-state index in [0.717, 1.165) is 11.6 Å². The summed E-state index contributed by atoms with van der Waals surface area (Å²) in [7, 11) is 1.19. The van der Waals surface area contributed by atoms with Gasteiger partial charge in [-0.05, 0) is 24.6 Å². The fourth-order valence-corrected chi connectivity index (χ4v) is 2.20.